The fraction of sp³-hybridized carbons (Fsp3) is 1.00. The van der Waals surface area contributed by atoms with Crippen LogP contribution in [0.1, 0.15) is 25.7 Å². The van der Waals surface area contributed by atoms with Crippen molar-refractivity contribution in [3.05, 3.63) is 0 Å². The van der Waals surface area contributed by atoms with Crippen molar-refractivity contribution >= 4 is 0 Å². The molecule has 0 aliphatic rings. The van der Waals surface area contributed by atoms with E-state index >= 15 is 0 Å². The zero-order chi connectivity index (χ0) is 16.1. The van der Waals surface area contributed by atoms with Crippen LogP contribution in [-0.2, 0) is 4.74 Å². The SMILES string of the molecule is CNCCC(CCOCCC(CCNC)N(C)C)N(C)C. The van der Waals surface area contributed by atoms with Crippen LogP contribution in [0.3, 0.4) is 0 Å². The van der Waals surface area contributed by atoms with Gasteiger partial charge < -0.3 is 25.2 Å². The summed E-state index contributed by atoms with van der Waals surface area (Å²) in [7, 11) is 12.6. The molecule has 2 N–H and O–H groups in total. The molecule has 128 valence electrons. The molecule has 21 heavy (non-hydrogen) atoms. The van der Waals surface area contributed by atoms with E-state index in [1.807, 2.05) is 14.1 Å². The second-order valence-corrected chi connectivity index (χ2v) is 6.21. The topological polar surface area (TPSA) is 39.8 Å². The van der Waals surface area contributed by atoms with E-state index in [-0.39, 0.29) is 0 Å². The largest absolute Gasteiger partial charge is 0.381 e. The Kier molecular flexibility index (Phi) is 13.3. The van der Waals surface area contributed by atoms with Crippen molar-refractivity contribution in [2.75, 3.05) is 68.6 Å². The van der Waals surface area contributed by atoms with Crippen LogP contribution in [0.25, 0.3) is 0 Å². The molecule has 0 aliphatic carbocycles. The van der Waals surface area contributed by atoms with Crippen molar-refractivity contribution in [2.45, 2.75) is 37.8 Å². The van der Waals surface area contributed by atoms with E-state index < -0.39 is 0 Å². The molecule has 0 amide bonds. The molecule has 0 saturated carbocycles. The molecule has 0 aliphatic heterocycles. The van der Waals surface area contributed by atoms with Gasteiger partial charge in [0.15, 0.2) is 0 Å². The Hall–Kier alpha value is -0.200. The van der Waals surface area contributed by atoms with Gasteiger partial charge in [-0.1, -0.05) is 0 Å². The molecule has 0 rings (SSSR count). The molecule has 5 heteroatoms. The summed E-state index contributed by atoms with van der Waals surface area (Å²) in [5.74, 6) is 0. The van der Waals surface area contributed by atoms with Gasteiger partial charge in [-0.2, -0.15) is 0 Å². The average molecular weight is 303 g/mol. The predicted octanol–water partition coefficient (Wildman–Crippen LogP) is 0.863. The lowest BCUT2D eigenvalue weighted by molar-refractivity contribution is 0.0898. The average Bonchev–Trinajstić information content (AvgIpc) is 2.44. The lowest BCUT2D eigenvalue weighted by atomic mass is 10.1. The first-order valence-corrected chi connectivity index (χ1v) is 8.22. The minimum absolute atomic E-state index is 0.603. The molecule has 0 aromatic heterocycles. The summed E-state index contributed by atoms with van der Waals surface area (Å²) in [5, 5.41) is 6.45. The van der Waals surface area contributed by atoms with E-state index in [2.05, 4.69) is 48.6 Å². The van der Waals surface area contributed by atoms with Crippen molar-refractivity contribution in [2.24, 2.45) is 0 Å². The van der Waals surface area contributed by atoms with Crippen LogP contribution in [0.4, 0.5) is 0 Å². The second kappa shape index (κ2) is 13.5. The molecule has 0 fully saturated rings. The highest BCUT2D eigenvalue weighted by Gasteiger charge is 2.12. The summed E-state index contributed by atoms with van der Waals surface area (Å²) in [6.07, 6.45) is 4.57. The fourth-order valence-electron chi connectivity index (χ4n) is 2.48. The first-order chi connectivity index (χ1) is 10.0. The minimum atomic E-state index is 0.603. The lowest BCUT2D eigenvalue weighted by Crippen LogP contribution is -2.33. The van der Waals surface area contributed by atoms with Gasteiger partial charge in [0, 0.05) is 25.3 Å². The van der Waals surface area contributed by atoms with Crippen LogP contribution in [0.5, 0.6) is 0 Å². The van der Waals surface area contributed by atoms with E-state index in [0.29, 0.717) is 12.1 Å². The van der Waals surface area contributed by atoms with E-state index in [4.69, 9.17) is 4.74 Å². The number of rotatable bonds is 14. The zero-order valence-corrected chi connectivity index (χ0v) is 15.1. The molecule has 5 nitrogen and oxygen atoms in total. The van der Waals surface area contributed by atoms with E-state index in [1.54, 1.807) is 0 Å². The Morgan fingerprint density at radius 1 is 0.714 bits per heavy atom. The van der Waals surface area contributed by atoms with Crippen molar-refractivity contribution in [1.29, 1.82) is 0 Å². The number of ether oxygens (including phenoxy) is 1. The zero-order valence-electron chi connectivity index (χ0n) is 15.1. The highest BCUT2D eigenvalue weighted by molar-refractivity contribution is 4.69. The Labute approximate surface area is 132 Å². The van der Waals surface area contributed by atoms with Gasteiger partial charge in [0.1, 0.15) is 0 Å². The van der Waals surface area contributed by atoms with Gasteiger partial charge in [0.05, 0.1) is 0 Å². The van der Waals surface area contributed by atoms with Crippen LogP contribution < -0.4 is 10.6 Å². The van der Waals surface area contributed by atoms with Crippen molar-refractivity contribution < 1.29 is 4.74 Å². The number of nitrogens with zero attached hydrogens (tertiary/aromatic N) is 2. The molecule has 0 radical (unpaired) electrons. The second-order valence-electron chi connectivity index (χ2n) is 6.21. The summed E-state index contributed by atoms with van der Waals surface area (Å²) in [6.45, 7) is 3.85. The fourth-order valence-corrected chi connectivity index (χ4v) is 2.48. The quantitative estimate of drug-likeness (QED) is 0.466. The van der Waals surface area contributed by atoms with Gasteiger partial charge in [-0.25, -0.2) is 0 Å². The monoisotopic (exact) mass is 302 g/mol. The highest BCUT2D eigenvalue weighted by Crippen LogP contribution is 2.07. The lowest BCUT2D eigenvalue weighted by Gasteiger charge is -2.25. The summed E-state index contributed by atoms with van der Waals surface area (Å²) < 4.78 is 5.86. The van der Waals surface area contributed by atoms with Crippen LogP contribution in [0, 0.1) is 0 Å². The maximum Gasteiger partial charge on any atom is 0.0480 e. The van der Waals surface area contributed by atoms with Crippen LogP contribution in [0.15, 0.2) is 0 Å². The van der Waals surface area contributed by atoms with Gasteiger partial charge in [0.25, 0.3) is 0 Å². The molecule has 0 aromatic rings. The van der Waals surface area contributed by atoms with E-state index in [9.17, 15) is 0 Å². The molecular weight excluding hydrogens is 264 g/mol. The van der Waals surface area contributed by atoms with E-state index in [0.717, 1.165) is 39.1 Å². The Bertz CT molecular complexity index is 202. The molecular formula is C16H38N4O. The molecule has 0 bridgehead atoms. The van der Waals surface area contributed by atoms with Crippen LogP contribution in [-0.4, -0.2) is 90.5 Å². The molecule has 0 saturated heterocycles. The third-order valence-corrected chi connectivity index (χ3v) is 4.11. The Morgan fingerprint density at radius 2 is 1.10 bits per heavy atom. The third kappa shape index (κ3) is 11.1. The molecule has 0 heterocycles. The van der Waals surface area contributed by atoms with Crippen LogP contribution in [0.2, 0.25) is 0 Å². The third-order valence-electron chi connectivity index (χ3n) is 4.11. The number of hydrogen-bond donors (Lipinski definition) is 2. The summed E-state index contributed by atoms with van der Waals surface area (Å²) in [4.78, 5) is 4.60. The van der Waals surface area contributed by atoms with Gasteiger partial charge in [-0.05, 0) is 81.1 Å². The number of nitrogens with one attached hydrogen (secondary N) is 2. The highest BCUT2D eigenvalue weighted by atomic mass is 16.5. The molecule has 2 unspecified atom stereocenters. The minimum Gasteiger partial charge on any atom is -0.381 e. The smallest absolute Gasteiger partial charge is 0.0480 e. The van der Waals surface area contributed by atoms with Crippen molar-refractivity contribution in [3.63, 3.8) is 0 Å². The summed E-state index contributed by atoms with van der Waals surface area (Å²) >= 11 is 0. The molecule has 2 atom stereocenters. The first-order valence-electron chi connectivity index (χ1n) is 8.22. The first kappa shape index (κ1) is 20.8. The number of hydrogen-bond acceptors (Lipinski definition) is 5. The normalized spacial score (nSPS) is 14.9. The van der Waals surface area contributed by atoms with Gasteiger partial charge in [-0.15, -0.1) is 0 Å². The molecule has 0 aromatic carbocycles. The van der Waals surface area contributed by atoms with Gasteiger partial charge in [-0.3, -0.25) is 0 Å². The standard InChI is InChI=1S/C16H38N4O/c1-17-11-7-15(19(3)4)9-13-21-14-10-16(20(5)6)8-12-18-2/h15-18H,7-14H2,1-6H3. The van der Waals surface area contributed by atoms with Gasteiger partial charge in [0.2, 0.25) is 0 Å². The summed E-state index contributed by atoms with van der Waals surface area (Å²) in [6, 6.07) is 1.21. The summed E-state index contributed by atoms with van der Waals surface area (Å²) in [5.41, 5.74) is 0. The van der Waals surface area contributed by atoms with Crippen molar-refractivity contribution in [3.8, 4) is 0 Å². The van der Waals surface area contributed by atoms with Crippen molar-refractivity contribution in [1.82, 2.24) is 20.4 Å². The Balaban J connectivity index is 3.80. The van der Waals surface area contributed by atoms with Gasteiger partial charge >= 0.3 is 0 Å². The van der Waals surface area contributed by atoms with E-state index in [1.165, 1.54) is 12.8 Å². The maximum atomic E-state index is 5.86. The maximum absolute atomic E-state index is 5.86. The predicted molar refractivity (Wildman–Crippen MR) is 92.1 cm³/mol. The molecule has 0 spiro atoms. The Morgan fingerprint density at radius 3 is 1.38 bits per heavy atom. The van der Waals surface area contributed by atoms with Crippen LogP contribution >= 0.6 is 0 Å².